The van der Waals surface area contributed by atoms with Crippen LogP contribution in [0.25, 0.3) is 0 Å². The van der Waals surface area contributed by atoms with E-state index in [2.05, 4.69) is 10.6 Å². The summed E-state index contributed by atoms with van der Waals surface area (Å²) in [5, 5.41) is 4.88. The fraction of sp³-hybridized carbons (Fsp3) is 0.727. The summed E-state index contributed by atoms with van der Waals surface area (Å²) in [5.74, 6) is -0.420. The molecule has 2 amide bonds. The summed E-state index contributed by atoms with van der Waals surface area (Å²) in [4.78, 5) is 33.2. The van der Waals surface area contributed by atoms with Gasteiger partial charge in [-0.2, -0.15) is 0 Å². The first-order valence-corrected chi connectivity index (χ1v) is 5.40. The molecule has 0 aromatic heterocycles. The molecule has 16 heavy (non-hydrogen) atoms. The standard InChI is InChI=1S/C11H20N2O3/c1-7(2)10(11(16)8(3)4)13-9(15)5-12-6-14/h6-8,10H,5H2,1-4H3,(H,12,14)(H,13,15). The van der Waals surface area contributed by atoms with E-state index in [0.717, 1.165) is 0 Å². The molecule has 0 aromatic carbocycles. The van der Waals surface area contributed by atoms with Crippen LogP contribution in [0.1, 0.15) is 27.7 Å². The number of rotatable bonds is 7. The first-order chi connectivity index (χ1) is 7.40. The van der Waals surface area contributed by atoms with E-state index in [-0.39, 0.29) is 30.1 Å². The van der Waals surface area contributed by atoms with Gasteiger partial charge in [-0.05, 0) is 5.92 Å². The molecular formula is C11H20N2O3. The summed E-state index contributed by atoms with van der Waals surface area (Å²) >= 11 is 0. The van der Waals surface area contributed by atoms with Gasteiger partial charge in [0.25, 0.3) is 0 Å². The third kappa shape index (κ3) is 4.91. The molecule has 0 fully saturated rings. The largest absolute Gasteiger partial charge is 0.350 e. The average Bonchev–Trinajstić information content (AvgIpc) is 2.21. The van der Waals surface area contributed by atoms with Crippen molar-refractivity contribution in [2.24, 2.45) is 11.8 Å². The first-order valence-electron chi connectivity index (χ1n) is 5.40. The van der Waals surface area contributed by atoms with Crippen LogP contribution >= 0.6 is 0 Å². The summed E-state index contributed by atoms with van der Waals surface area (Å²) in [7, 11) is 0. The second kappa shape index (κ2) is 6.98. The number of ketones is 1. The summed E-state index contributed by atoms with van der Waals surface area (Å²) in [5.41, 5.74) is 0. The van der Waals surface area contributed by atoms with Crippen molar-refractivity contribution in [2.45, 2.75) is 33.7 Å². The van der Waals surface area contributed by atoms with Crippen LogP contribution in [0.2, 0.25) is 0 Å². The lowest BCUT2D eigenvalue weighted by molar-refractivity contribution is -0.130. The van der Waals surface area contributed by atoms with Gasteiger partial charge in [-0.3, -0.25) is 14.4 Å². The molecule has 2 N–H and O–H groups in total. The van der Waals surface area contributed by atoms with Crippen molar-refractivity contribution < 1.29 is 14.4 Å². The van der Waals surface area contributed by atoms with Crippen molar-refractivity contribution in [3.05, 3.63) is 0 Å². The minimum atomic E-state index is -0.485. The van der Waals surface area contributed by atoms with Crippen LogP contribution in [0.4, 0.5) is 0 Å². The summed E-state index contributed by atoms with van der Waals surface area (Å²) in [6.07, 6.45) is 0.453. The van der Waals surface area contributed by atoms with Crippen LogP contribution in [-0.2, 0) is 14.4 Å². The normalized spacial score (nSPS) is 12.4. The molecule has 0 heterocycles. The Morgan fingerprint density at radius 1 is 1.19 bits per heavy atom. The quantitative estimate of drug-likeness (QED) is 0.607. The Balaban J connectivity index is 4.39. The monoisotopic (exact) mass is 228 g/mol. The van der Waals surface area contributed by atoms with E-state index in [1.807, 2.05) is 13.8 Å². The van der Waals surface area contributed by atoms with Crippen molar-refractivity contribution in [3.63, 3.8) is 0 Å². The van der Waals surface area contributed by atoms with Gasteiger partial charge < -0.3 is 10.6 Å². The first kappa shape index (κ1) is 14.6. The highest BCUT2D eigenvalue weighted by atomic mass is 16.2. The van der Waals surface area contributed by atoms with E-state index in [1.54, 1.807) is 13.8 Å². The van der Waals surface area contributed by atoms with Crippen molar-refractivity contribution in [3.8, 4) is 0 Å². The molecule has 0 radical (unpaired) electrons. The van der Waals surface area contributed by atoms with E-state index in [9.17, 15) is 14.4 Å². The van der Waals surface area contributed by atoms with Gasteiger partial charge in [-0.15, -0.1) is 0 Å². The maximum atomic E-state index is 11.8. The zero-order valence-corrected chi connectivity index (χ0v) is 10.2. The fourth-order valence-corrected chi connectivity index (χ4v) is 1.28. The summed E-state index contributed by atoms with van der Waals surface area (Å²) < 4.78 is 0. The molecular weight excluding hydrogens is 208 g/mol. The molecule has 0 aliphatic heterocycles. The Kier molecular flexibility index (Phi) is 6.37. The number of amides is 2. The average molecular weight is 228 g/mol. The van der Waals surface area contributed by atoms with Crippen LogP contribution < -0.4 is 10.6 Å². The lowest BCUT2D eigenvalue weighted by atomic mass is 9.93. The van der Waals surface area contributed by atoms with E-state index in [4.69, 9.17) is 0 Å². The Morgan fingerprint density at radius 3 is 2.12 bits per heavy atom. The summed E-state index contributed by atoms with van der Waals surface area (Å²) in [6, 6.07) is -0.485. The molecule has 0 saturated heterocycles. The van der Waals surface area contributed by atoms with E-state index >= 15 is 0 Å². The molecule has 1 unspecified atom stereocenters. The number of Topliss-reactive ketones (excluding diaryl/α,β-unsaturated/α-hetero) is 1. The van der Waals surface area contributed by atoms with Gasteiger partial charge in [-0.1, -0.05) is 27.7 Å². The number of nitrogens with one attached hydrogen (secondary N) is 2. The van der Waals surface area contributed by atoms with Crippen molar-refractivity contribution >= 4 is 18.1 Å². The van der Waals surface area contributed by atoms with Gasteiger partial charge >= 0.3 is 0 Å². The molecule has 5 heteroatoms. The van der Waals surface area contributed by atoms with E-state index in [1.165, 1.54) is 0 Å². The van der Waals surface area contributed by atoms with Crippen LogP contribution in [0.15, 0.2) is 0 Å². The number of hydrogen-bond donors (Lipinski definition) is 2. The Bertz CT molecular complexity index is 262. The second-order valence-corrected chi connectivity index (χ2v) is 4.35. The predicted molar refractivity (Wildman–Crippen MR) is 60.7 cm³/mol. The molecule has 0 aliphatic rings. The second-order valence-electron chi connectivity index (χ2n) is 4.35. The lowest BCUT2D eigenvalue weighted by Gasteiger charge is -2.22. The van der Waals surface area contributed by atoms with Gasteiger partial charge in [0.1, 0.15) is 0 Å². The van der Waals surface area contributed by atoms with Gasteiger partial charge in [0, 0.05) is 5.92 Å². The number of carbonyl (C=O) groups is 3. The molecule has 0 spiro atoms. The zero-order valence-electron chi connectivity index (χ0n) is 10.2. The van der Waals surface area contributed by atoms with E-state index in [0.29, 0.717) is 6.41 Å². The highest BCUT2D eigenvalue weighted by molar-refractivity contribution is 5.91. The molecule has 1 atom stereocenters. The third-order valence-corrected chi connectivity index (χ3v) is 2.20. The van der Waals surface area contributed by atoms with Crippen LogP contribution in [-0.4, -0.2) is 30.7 Å². The highest BCUT2D eigenvalue weighted by Gasteiger charge is 2.25. The minimum absolute atomic E-state index is 0.00875. The van der Waals surface area contributed by atoms with E-state index < -0.39 is 6.04 Å². The molecule has 0 aromatic rings. The van der Waals surface area contributed by atoms with Gasteiger partial charge in [0.2, 0.25) is 12.3 Å². The Morgan fingerprint density at radius 2 is 1.75 bits per heavy atom. The fourth-order valence-electron chi connectivity index (χ4n) is 1.28. The topological polar surface area (TPSA) is 75.3 Å². The Hall–Kier alpha value is -1.39. The zero-order chi connectivity index (χ0) is 12.7. The third-order valence-electron chi connectivity index (χ3n) is 2.20. The van der Waals surface area contributed by atoms with Gasteiger partial charge in [0.05, 0.1) is 12.6 Å². The van der Waals surface area contributed by atoms with Crippen LogP contribution in [0, 0.1) is 11.8 Å². The summed E-state index contributed by atoms with van der Waals surface area (Å²) in [6.45, 7) is 7.25. The van der Waals surface area contributed by atoms with Crippen LogP contribution in [0.5, 0.6) is 0 Å². The predicted octanol–water partition coefficient (Wildman–Crippen LogP) is 0.0983. The molecule has 0 rings (SSSR count). The van der Waals surface area contributed by atoms with Crippen LogP contribution in [0.3, 0.4) is 0 Å². The molecule has 5 nitrogen and oxygen atoms in total. The number of carbonyl (C=O) groups excluding carboxylic acids is 3. The molecule has 92 valence electrons. The van der Waals surface area contributed by atoms with Gasteiger partial charge in [0.15, 0.2) is 5.78 Å². The highest BCUT2D eigenvalue weighted by Crippen LogP contribution is 2.08. The van der Waals surface area contributed by atoms with Crippen molar-refractivity contribution in [2.75, 3.05) is 6.54 Å². The lowest BCUT2D eigenvalue weighted by Crippen LogP contribution is -2.48. The maximum Gasteiger partial charge on any atom is 0.239 e. The van der Waals surface area contributed by atoms with Gasteiger partial charge in [-0.25, -0.2) is 0 Å². The van der Waals surface area contributed by atoms with Crippen molar-refractivity contribution in [1.29, 1.82) is 0 Å². The number of hydrogen-bond acceptors (Lipinski definition) is 3. The molecule has 0 bridgehead atoms. The van der Waals surface area contributed by atoms with Crippen molar-refractivity contribution in [1.82, 2.24) is 10.6 Å². The SMILES string of the molecule is CC(C)C(=O)C(NC(=O)CNC=O)C(C)C. The minimum Gasteiger partial charge on any atom is -0.350 e. The molecule has 0 aliphatic carbocycles. The smallest absolute Gasteiger partial charge is 0.239 e. The maximum absolute atomic E-state index is 11.8. The Labute approximate surface area is 96.0 Å². The molecule has 0 saturated carbocycles.